The van der Waals surface area contributed by atoms with Crippen LogP contribution < -0.4 is 5.32 Å². The third-order valence-electron chi connectivity index (χ3n) is 4.76. The predicted octanol–water partition coefficient (Wildman–Crippen LogP) is 4.64. The highest BCUT2D eigenvalue weighted by molar-refractivity contribution is 5.70. The molecule has 1 unspecified atom stereocenters. The van der Waals surface area contributed by atoms with Gasteiger partial charge in [-0.2, -0.15) is 13.2 Å². The van der Waals surface area contributed by atoms with Gasteiger partial charge in [-0.1, -0.05) is 26.0 Å². The molecule has 0 heterocycles. The van der Waals surface area contributed by atoms with Crippen molar-refractivity contribution in [3.05, 3.63) is 35.4 Å². The molecule has 0 saturated heterocycles. The molecule has 0 radical (unpaired) electrons. The van der Waals surface area contributed by atoms with E-state index in [2.05, 4.69) is 5.32 Å². The minimum Gasteiger partial charge on any atom is -0.481 e. The van der Waals surface area contributed by atoms with Crippen LogP contribution in [0.5, 0.6) is 0 Å². The highest BCUT2D eigenvalue weighted by Gasteiger charge is 2.31. The van der Waals surface area contributed by atoms with Crippen LogP contribution in [0.25, 0.3) is 0 Å². The van der Waals surface area contributed by atoms with Crippen molar-refractivity contribution in [2.75, 3.05) is 0 Å². The van der Waals surface area contributed by atoms with Crippen LogP contribution >= 0.6 is 0 Å². The van der Waals surface area contributed by atoms with E-state index in [-0.39, 0.29) is 23.9 Å². The molecule has 1 aromatic rings. The van der Waals surface area contributed by atoms with Gasteiger partial charge in [-0.3, -0.25) is 4.79 Å². The van der Waals surface area contributed by atoms with Crippen molar-refractivity contribution in [3.8, 4) is 0 Å². The van der Waals surface area contributed by atoms with Crippen LogP contribution in [-0.4, -0.2) is 17.1 Å². The summed E-state index contributed by atoms with van der Waals surface area (Å²) in [7, 11) is 0. The van der Waals surface area contributed by atoms with Gasteiger partial charge in [-0.25, -0.2) is 0 Å². The molecule has 0 spiro atoms. The highest BCUT2D eigenvalue weighted by Crippen LogP contribution is 2.32. The van der Waals surface area contributed by atoms with Crippen molar-refractivity contribution in [1.29, 1.82) is 0 Å². The molecular formula is C18H24F3NO2. The minimum absolute atomic E-state index is 0.0429. The summed E-state index contributed by atoms with van der Waals surface area (Å²) in [6.07, 6.45) is -1.48. The molecular weight excluding hydrogens is 319 g/mol. The Bertz CT molecular complexity index is 546. The normalized spacial score (nSPS) is 23.2. The molecule has 1 fully saturated rings. The van der Waals surface area contributed by atoms with E-state index >= 15 is 0 Å². The average molecular weight is 343 g/mol. The number of benzene rings is 1. The van der Waals surface area contributed by atoms with Gasteiger partial charge >= 0.3 is 12.1 Å². The average Bonchev–Trinajstić information content (AvgIpc) is 2.52. The molecule has 0 amide bonds. The lowest BCUT2D eigenvalue weighted by Crippen LogP contribution is -2.39. The van der Waals surface area contributed by atoms with Gasteiger partial charge in [0.2, 0.25) is 0 Å². The molecule has 0 aliphatic heterocycles. The summed E-state index contributed by atoms with van der Waals surface area (Å²) in [6.45, 7) is 4.05. The third-order valence-corrected chi connectivity index (χ3v) is 4.76. The van der Waals surface area contributed by atoms with Gasteiger partial charge < -0.3 is 10.4 Å². The monoisotopic (exact) mass is 343 g/mol. The smallest absolute Gasteiger partial charge is 0.416 e. The Morgan fingerprint density at radius 1 is 1.12 bits per heavy atom. The molecule has 24 heavy (non-hydrogen) atoms. The molecule has 0 aromatic heterocycles. The van der Waals surface area contributed by atoms with Gasteiger partial charge in [0.15, 0.2) is 0 Å². The molecule has 3 nitrogen and oxygen atoms in total. The number of carboxylic acid groups (broad SMARTS) is 1. The first-order chi connectivity index (χ1) is 11.2. The maximum absolute atomic E-state index is 12.7. The Kier molecular flexibility index (Phi) is 5.91. The number of alkyl halides is 3. The second-order valence-electron chi connectivity index (χ2n) is 6.89. The fourth-order valence-corrected chi connectivity index (χ4v) is 3.31. The van der Waals surface area contributed by atoms with Crippen LogP contribution in [-0.2, 0) is 11.0 Å². The van der Waals surface area contributed by atoms with Crippen LogP contribution in [0.2, 0.25) is 0 Å². The fraction of sp³-hybridized carbons (Fsp3) is 0.611. The summed E-state index contributed by atoms with van der Waals surface area (Å²) in [6, 6.07) is 5.46. The summed E-state index contributed by atoms with van der Waals surface area (Å²) < 4.78 is 38.1. The number of carboxylic acids is 1. The lowest BCUT2D eigenvalue weighted by molar-refractivity contribution is -0.143. The van der Waals surface area contributed by atoms with E-state index in [9.17, 15) is 18.0 Å². The van der Waals surface area contributed by atoms with Crippen molar-refractivity contribution in [2.24, 2.45) is 11.8 Å². The predicted molar refractivity (Wildman–Crippen MR) is 85.5 cm³/mol. The Balaban J connectivity index is 2.04. The first kappa shape index (κ1) is 18.8. The van der Waals surface area contributed by atoms with E-state index in [0.717, 1.165) is 30.5 Å². The standard InChI is InChI=1S/C18H24F3NO2/c1-11(2)16(12-3-7-14(8-4-12)18(19,20)21)22-15-9-5-13(6-10-15)17(23)24/h3-4,7-8,11,13,15-16,22H,5-6,9-10H2,1-2H3,(H,23,24). The lowest BCUT2D eigenvalue weighted by Gasteiger charge is -2.33. The first-order valence-corrected chi connectivity index (χ1v) is 8.34. The zero-order valence-electron chi connectivity index (χ0n) is 13.9. The molecule has 1 aliphatic carbocycles. The van der Waals surface area contributed by atoms with Gasteiger partial charge in [0.25, 0.3) is 0 Å². The van der Waals surface area contributed by atoms with Crippen molar-refractivity contribution in [2.45, 2.75) is 57.8 Å². The topological polar surface area (TPSA) is 49.3 Å². The minimum atomic E-state index is -4.32. The molecule has 1 aromatic carbocycles. The number of aliphatic carboxylic acids is 1. The molecule has 2 rings (SSSR count). The molecule has 1 atom stereocenters. The summed E-state index contributed by atoms with van der Waals surface area (Å²) in [4.78, 5) is 11.0. The Morgan fingerprint density at radius 2 is 1.67 bits per heavy atom. The van der Waals surface area contributed by atoms with E-state index in [0.29, 0.717) is 12.8 Å². The van der Waals surface area contributed by atoms with Crippen LogP contribution in [0.3, 0.4) is 0 Å². The molecule has 134 valence electrons. The van der Waals surface area contributed by atoms with Crippen LogP contribution in [0, 0.1) is 11.8 Å². The van der Waals surface area contributed by atoms with Gasteiger partial charge in [0.05, 0.1) is 11.5 Å². The van der Waals surface area contributed by atoms with Crippen LogP contribution in [0.15, 0.2) is 24.3 Å². The number of hydrogen-bond acceptors (Lipinski definition) is 2. The second kappa shape index (κ2) is 7.55. The van der Waals surface area contributed by atoms with E-state index in [1.54, 1.807) is 0 Å². The molecule has 2 N–H and O–H groups in total. The first-order valence-electron chi connectivity index (χ1n) is 8.34. The zero-order valence-corrected chi connectivity index (χ0v) is 13.9. The van der Waals surface area contributed by atoms with E-state index in [4.69, 9.17) is 5.11 Å². The molecule has 0 bridgehead atoms. The summed E-state index contributed by atoms with van der Waals surface area (Å²) >= 11 is 0. The van der Waals surface area contributed by atoms with Gasteiger partial charge in [0.1, 0.15) is 0 Å². The van der Waals surface area contributed by atoms with E-state index in [1.165, 1.54) is 12.1 Å². The highest BCUT2D eigenvalue weighted by atomic mass is 19.4. The Labute approximate surface area is 140 Å². The molecule has 6 heteroatoms. The lowest BCUT2D eigenvalue weighted by atomic mass is 9.84. The quantitative estimate of drug-likeness (QED) is 0.819. The number of halogens is 3. The summed E-state index contributed by atoms with van der Waals surface area (Å²) in [5, 5.41) is 12.6. The van der Waals surface area contributed by atoms with E-state index in [1.807, 2.05) is 13.8 Å². The summed E-state index contributed by atoms with van der Waals surface area (Å²) in [5.41, 5.74) is 0.189. The number of hydrogen-bond donors (Lipinski definition) is 2. The van der Waals surface area contributed by atoms with Crippen molar-refractivity contribution >= 4 is 5.97 Å². The van der Waals surface area contributed by atoms with Crippen molar-refractivity contribution in [1.82, 2.24) is 5.32 Å². The van der Waals surface area contributed by atoms with Crippen molar-refractivity contribution in [3.63, 3.8) is 0 Å². The Morgan fingerprint density at radius 3 is 2.08 bits per heavy atom. The maximum atomic E-state index is 12.7. The largest absolute Gasteiger partial charge is 0.481 e. The van der Waals surface area contributed by atoms with Crippen LogP contribution in [0.4, 0.5) is 13.2 Å². The van der Waals surface area contributed by atoms with Gasteiger partial charge in [-0.15, -0.1) is 0 Å². The van der Waals surface area contributed by atoms with Gasteiger partial charge in [0, 0.05) is 12.1 Å². The third kappa shape index (κ3) is 4.72. The van der Waals surface area contributed by atoms with E-state index < -0.39 is 17.7 Å². The fourth-order valence-electron chi connectivity index (χ4n) is 3.31. The number of rotatable bonds is 5. The van der Waals surface area contributed by atoms with Crippen molar-refractivity contribution < 1.29 is 23.1 Å². The van der Waals surface area contributed by atoms with Crippen LogP contribution in [0.1, 0.15) is 56.7 Å². The summed E-state index contributed by atoms with van der Waals surface area (Å²) in [5.74, 6) is -0.790. The Hall–Kier alpha value is -1.56. The number of nitrogens with one attached hydrogen (secondary N) is 1. The molecule has 1 saturated carbocycles. The van der Waals surface area contributed by atoms with Gasteiger partial charge in [-0.05, 0) is 49.3 Å². The molecule has 1 aliphatic rings. The zero-order chi connectivity index (χ0) is 17.9. The number of carbonyl (C=O) groups is 1. The second-order valence-corrected chi connectivity index (χ2v) is 6.89. The SMILES string of the molecule is CC(C)C(NC1CCC(C(=O)O)CC1)c1ccc(C(F)(F)F)cc1. The maximum Gasteiger partial charge on any atom is 0.416 e.